The van der Waals surface area contributed by atoms with E-state index in [4.69, 9.17) is 4.74 Å². The first kappa shape index (κ1) is 11.9. The van der Waals surface area contributed by atoms with Crippen LogP contribution in [0.4, 0.5) is 0 Å². The van der Waals surface area contributed by atoms with Crippen molar-refractivity contribution in [2.24, 2.45) is 11.8 Å². The Morgan fingerprint density at radius 2 is 2.00 bits per heavy atom. The van der Waals surface area contributed by atoms with Crippen molar-refractivity contribution in [2.45, 2.75) is 45.1 Å². The molecule has 2 rings (SSSR count). The van der Waals surface area contributed by atoms with E-state index in [1.807, 2.05) is 0 Å². The summed E-state index contributed by atoms with van der Waals surface area (Å²) in [5.74, 6) is 1.36. The molecular formula is C13H23NO2. The zero-order valence-electron chi connectivity index (χ0n) is 10.4. The third-order valence-electron chi connectivity index (χ3n) is 3.96. The minimum Gasteiger partial charge on any atom is -0.468 e. The molecule has 2 unspecified atom stereocenters. The maximum Gasteiger partial charge on any atom is 0.323 e. The minimum atomic E-state index is -0.0166. The highest BCUT2D eigenvalue weighted by Gasteiger charge is 2.41. The van der Waals surface area contributed by atoms with Gasteiger partial charge in [0.25, 0.3) is 0 Å². The summed E-state index contributed by atoms with van der Waals surface area (Å²) >= 11 is 0. The molecule has 1 saturated heterocycles. The summed E-state index contributed by atoms with van der Waals surface area (Å²) in [7, 11) is 1.51. The summed E-state index contributed by atoms with van der Waals surface area (Å²) < 4.78 is 4.95. The van der Waals surface area contributed by atoms with Gasteiger partial charge in [-0.3, -0.25) is 9.69 Å². The summed E-state index contributed by atoms with van der Waals surface area (Å²) in [6.07, 6.45) is 6.15. The lowest BCUT2D eigenvalue weighted by atomic mass is 10.0. The van der Waals surface area contributed by atoms with Gasteiger partial charge in [0, 0.05) is 0 Å². The summed E-state index contributed by atoms with van der Waals surface area (Å²) in [5, 5.41) is 0. The Bertz CT molecular complexity index is 250. The molecule has 1 heterocycles. The third-order valence-corrected chi connectivity index (χ3v) is 3.96. The van der Waals surface area contributed by atoms with Crippen LogP contribution in [0.15, 0.2) is 0 Å². The highest BCUT2D eigenvalue weighted by molar-refractivity contribution is 5.76. The molecule has 0 N–H and O–H groups in total. The summed E-state index contributed by atoms with van der Waals surface area (Å²) in [5.41, 5.74) is 0. The number of carbonyl (C=O) groups is 1. The molecule has 3 nitrogen and oxygen atoms in total. The maximum absolute atomic E-state index is 11.8. The van der Waals surface area contributed by atoms with Gasteiger partial charge in [0.05, 0.1) is 7.11 Å². The molecule has 16 heavy (non-hydrogen) atoms. The molecule has 0 bridgehead atoms. The first-order chi connectivity index (χ1) is 7.72. The molecule has 0 spiro atoms. The summed E-state index contributed by atoms with van der Waals surface area (Å²) in [6, 6.07) is 0.0512. The number of rotatable bonds is 3. The van der Waals surface area contributed by atoms with Gasteiger partial charge < -0.3 is 4.74 Å². The van der Waals surface area contributed by atoms with Crippen LogP contribution in [0.3, 0.4) is 0 Å². The van der Waals surface area contributed by atoms with Crippen molar-refractivity contribution in [1.29, 1.82) is 0 Å². The van der Waals surface area contributed by atoms with Gasteiger partial charge in [-0.15, -0.1) is 0 Å². The van der Waals surface area contributed by atoms with Gasteiger partial charge in [-0.1, -0.05) is 6.92 Å². The second kappa shape index (κ2) is 5.17. The molecule has 2 atom stereocenters. The van der Waals surface area contributed by atoms with Crippen molar-refractivity contribution in [2.75, 3.05) is 20.2 Å². The standard InChI is InChI=1S/C13H23NO2/c1-10-4-3-8-14(9-7-10)12(11-5-6-11)13(15)16-2/h10-12H,3-9H2,1-2H3. The molecule has 0 amide bonds. The molecule has 0 aromatic carbocycles. The molecule has 2 fully saturated rings. The molecule has 1 aliphatic heterocycles. The van der Waals surface area contributed by atoms with Crippen molar-refractivity contribution in [3.63, 3.8) is 0 Å². The average molecular weight is 225 g/mol. The number of likely N-dealkylation sites (tertiary alicyclic amines) is 1. The molecule has 92 valence electrons. The predicted octanol–water partition coefficient (Wildman–Crippen LogP) is 2.06. The fourth-order valence-electron chi connectivity index (χ4n) is 2.74. The number of esters is 1. The van der Waals surface area contributed by atoms with Crippen molar-refractivity contribution < 1.29 is 9.53 Å². The number of carbonyl (C=O) groups excluding carboxylic acids is 1. The molecule has 1 saturated carbocycles. The fourth-order valence-corrected chi connectivity index (χ4v) is 2.74. The van der Waals surface area contributed by atoms with Crippen LogP contribution >= 0.6 is 0 Å². The average Bonchev–Trinajstić information content (AvgIpc) is 3.09. The van der Waals surface area contributed by atoms with E-state index in [9.17, 15) is 4.79 Å². The monoisotopic (exact) mass is 225 g/mol. The Hall–Kier alpha value is -0.570. The molecule has 2 aliphatic rings. The molecule has 0 aromatic rings. The van der Waals surface area contributed by atoms with E-state index in [1.54, 1.807) is 0 Å². The van der Waals surface area contributed by atoms with E-state index >= 15 is 0 Å². The van der Waals surface area contributed by atoms with E-state index in [0.29, 0.717) is 5.92 Å². The van der Waals surface area contributed by atoms with Gasteiger partial charge in [-0.25, -0.2) is 0 Å². The van der Waals surface area contributed by atoms with Gasteiger partial charge in [0.2, 0.25) is 0 Å². The Balaban J connectivity index is 1.98. The first-order valence-electron chi connectivity index (χ1n) is 6.54. The van der Waals surface area contributed by atoms with Gasteiger partial charge in [0.1, 0.15) is 6.04 Å². The third kappa shape index (κ3) is 2.76. The largest absolute Gasteiger partial charge is 0.468 e. The van der Waals surface area contributed by atoms with E-state index in [2.05, 4.69) is 11.8 Å². The van der Waals surface area contributed by atoms with Gasteiger partial charge in [-0.05, 0) is 57.0 Å². The van der Waals surface area contributed by atoms with Crippen molar-refractivity contribution in [3.8, 4) is 0 Å². The number of nitrogens with zero attached hydrogens (tertiary/aromatic N) is 1. The highest BCUT2D eigenvalue weighted by atomic mass is 16.5. The van der Waals surface area contributed by atoms with Crippen LogP contribution in [0.25, 0.3) is 0 Å². The summed E-state index contributed by atoms with van der Waals surface area (Å²) in [4.78, 5) is 14.2. The van der Waals surface area contributed by atoms with Crippen molar-refractivity contribution in [3.05, 3.63) is 0 Å². The minimum absolute atomic E-state index is 0.0166. The van der Waals surface area contributed by atoms with Crippen molar-refractivity contribution in [1.82, 2.24) is 4.90 Å². The fraction of sp³-hybridized carbons (Fsp3) is 0.923. The quantitative estimate of drug-likeness (QED) is 0.689. The molecular weight excluding hydrogens is 202 g/mol. The smallest absolute Gasteiger partial charge is 0.323 e. The topological polar surface area (TPSA) is 29.5 Å². The Morgan fingerprint density at radius 1 is 1.25 bits per heavy atom. The molecule has 1 aliphatic carbocycles. The van der Waals surface area contributed by atoms with E-state index in [-0.39, 0.29) is 12.0 Å². The van der Waals surface area contributed by atoms with Gasteiger partial charge in [0.15, 0.2) is 0 Å². The zero-order valence-corrected chi connectivity index (χ0v) is 10.4. The maximum atomic E-state index is 11.8. The lowest BCUT2D eigenvalue weighted by molar-refractivity contribution is -0.147. The molecule has 3 heteroatoms. The second-order valence-corrected chi connectivity index (χ2v) is 5.38. The number of hydrogen-bond donors (Lipinski definition) is 0. The first-order valence-corrected chi connectivity index (χ1v) is 6.54. The number of methoxy groups -OCH3 is 1. The second-order valence-electron chi connectivity index (χ2n) is 5.38. The highest BCUT2D eigenvalue weighted by Crippen LogP contribution is 2.37. The van der Waals surface area contributed by atoms with E-state index in [0.717, 1.165) is 19.0 Å². The lowest BCUT2D eigenvalue weighted by Crippen LogP contribution is -2.44. The SMILES string of the molecule is COC(=O)C(C1CC1)N1CCCC(C)CC1. The van der Waals surface area contributed by atoms with Gasteiger partial charge in [-0.2, -0.15) is 0 Å². The van der Waals surface area contributed by atoms with E-state index < -0.39 is 0 Å². The van der Waals surface area contributed by atoms with Gasteiger partial charge >= 0.3 is 5.97 Å². The van der Waals surface area contributed by atoms with Crippen molar-refractivity contribution >= 4 is 5.97 Å². The lowest BCUT2D eigenvalue weighted by Gasteiger charge is -2.28. The number of hydrogen-bond acceptors (Lipinski definition) is 3. The van der Waals surface area contributed by atoms with Crippen LogP contribution in [-0.2, 0) is 9.53 Å². The number of ether oxygens (including phenoxy) is 1. The summed E-state index contributed by atoms with van der Waals surface area (Å²) in [6.45, 7) is 4.45. The van der Waals surface area contributed by atoms with Crippen LogP contribution < -0.4 is 0 Å². The molecule has 0 aromatic heterocycles. The van der Waals surface area contributed by atoms with Crippen LogP contribution in [-0.4, -0.2) is 37.1 Å². The zero-order chi connectivity index (χ0) is 11.5. The van der Waals surface area contributed by atoms with Crippen LogP contribution in [0.1, 0.15) is 39.0 Å². The normalized spacial score (nSPS) is 29.5. The van der Waals surface area contributed by atoms with Crippen LogP contribution in [0.5, 0.6) is 0 Å². The van der Waals surface area contributed by atoms with Crippen LogP contribution in [0, 0.1) is 11.8 Å². The Kier molecular flexibility index (Phi) is 3.85. The molecule has 0 radical (unpaired) electrons. The Morgan fingerprint density at radius 3 is 2.62 bits per heavy atom. The van der Waals surface area contributed by atoms with E-state index in [1.165, 1.54) is 39.2 Å². The van der Waals surface area contributed by atoms with Crippen LogP contribution in [0.2, 0.25) is 0 Å². The Labute approximate surface area is 98.1 Å². The predicted molar refractivity (Wildman–Crippen MR) is 63.1 cm³/mol.